The highest BCUT2D eigenvalue weighted by Gasteiger charge is 2.30. The minimum absolute atomic E-state index is 0.00125. The van der Waals surface area contributed by atoms with Gasteiger partial charge in [-0.05, 0) is 49.3 Å². The minimum atomic E-state index is -0.00125. The third kappa shape index (κ3) is 5.95. The molecule has 35 heavy (non-hydrogen) atoms. The zero-order valence-corrected chi connectivity index (χ0v) is 21.3. The maximum atomic E-state index is 10.1. The largest absolute Gasteiger partial charge is 0.394 e. The van der Waals surface area contributed by atoms with Crippen LogP contribution < -0.4 is 5.73 Å². The number of nitrogen functional groups attached to an aromatic ring is 1. The fourth-order valence-electron chi connectivity index (χ4n) is 4.32. The van der Waals surface area contributed by atoms with Gasteiger partial charge >= 0.3 is 0 Å². The number of hydrogen-bond acceptors (Lipinski definition) is 9. The van der Waals surface area contributed by atoms with Gasteiger partial charge in [-0.3, -0.25) is 0 Å². The molecule has 2 aromatic heterocycles. The number of rotatable bonds is 8. The molecule has 10 heteroatoms. The van der Waals surface area contributed by atoms with Gasteiger partial charge in [-0.1, -0.05) is 35.5 Å². The first-order valence-corrected chi connectivity index (χ1v) is 13.5. The highest BCUT2D eigenvalue weighted by atomic mass is 35.5. The van der Waals surface area contributed by atoms with Gasteiger partial charge in [0.1, 0.15) is 28.0 Å². The number of ether oxygens (including phenoxy) is 1. The summed E-state index contributed by atoms with van der Waals surface area (Å²) >= 11 is 8.93. The van der Waals surface area contributed by atoms with Crippen LogP contribution in [0.15, 0.2) is 34.7 Å². The van der Waals surface area contributed by atoms with Gasteiger partial charge in [0.05, 0.1) is 36.1 Å². The van der Waals surface area contributed by atoms with E-state index in [0.717, 1.165) is 41.9 Å². The first kappa shape index (κ1) is 25.4. The zero-order chi connectivity index (χ0) is 24.8. The zero-order valence-electron chi connectivity index (χ0n) is 18.9. The highest BCUT2D eigenvalue weighted by Crippen LogP contribution is 2.41. The van der Waals surface area contributed by atoms with Crippen molar-refractivity contribution >= 4 is 40.5 Å². The Kier molecular flexibility index (Phi) is 8.61. The number of thiazole rings is 1. The van der Waals surface area contributed by atoms with Crippen molar-refractivity contribution in [2.75, 3.05) is 18.9 Å². The Bertz CT molecular complexity index is 1260. The molecule has 1 aliphatic carbocycles. The fraction of sp³-hybridized carbons (Fsp3) is 0.360. The summed E-state index contributed by atoms with van der Waals surface area (Å²) in [6.07, 6.45) is 3.25. The van der Waals surface area contributed by atoms with Crippen LogP contribution in [0, 0.1) is 22.7 Å². The van der Waals surface area contributed by atoms with E-state index in [4.69, 9.17) is 32.2 Å². The quantitative estimate of drug-likeness (QED) is 0.368. The molecule has 3 N–H and O–H groups in total. The van der Waals surface area contributed by atoms with E-state index in [1.807, 2.05) is 29.6 Å². The Morgan fingerprint density at radius 1 is 1.11 bits per heavy atom. The predicted octanol–water partition coefficient (Wildman–Crippen LogP) is 5.51. The van der Waals surface area contributed by atoms with E-state index < -0.39 is 0 Å². The third-order valence-corrected chi connectivity index (χ3v) is 8.18. The second kappa shape index (κ2) is 11.9. The van der Waals surface area contributed by atoms with E-state index in [0.29, 0.717) is 39.1 Å². The predicted molar refractivity (Wildman–Crippen MR) is 138 cm³/mol. The third-order valence-electron chi connectivity index (χ3n) is 5.98. The van der Waals surface area contributed by atoms with E-state index in [1.54, 1.807) is 11.3 Å². The van der Waals surface area contributed by atoms with Crippen LogP contribution in [0.4, 0.5) is 5.82 Å². The number of nitrogens with two attached hydrogens (primary N) is 1. The van der Waals surface area contributed by atoms with Crippen LogP contribution in [0.25, 0.3) is 10.6 Å². The molecule has 0 bridgehead atoms. The minimum Gasteiger partial charge on any atom is -0.394 e. The maximum absolute atomic E-state index is 10.1. The number of pyridine rings is 1. The molecule has 0 amide bonds. The average molecular weight is 526 g/mol. The Labute approximate surface area is 217 Å². The summed E-state index contributed by atoms with van der Waals surface area (Å²) < 4.78 is 5.67. The van der Waals surface area contributed by atoms with E-state index in [1.165, 1.54) is 11.8 Å². The van der Waals surface area contributed by atoms with Gasteiger partial charge < -0.3 is 15.6 Å². The van der Waals surface area contributed by atoms with Crippen LogP contribution in [0.3, 0.4) is 0 Å². The molecule has 0 aliphatic heterocycles. The lowest BCUT2D eigenvalue weighted by Crippen LogP contribution is -2.23. The Morgan fingerprint density at radius 3 is 2.49 bits per heavy atom. The van der Waals surface area contributed by atoms with Gasteiger partial charge in [0.15, 0.2) is 0 Å². The monoisotopic (exact) mass is 525 g/mol. The molecule has 7 nitrogen and oxygen atoms in total. The van der Waals surface area contributed by atoms with Gasteiger partial charge in [0.25, 0.3) is 0 Å². The lowest BCUT2D eigenvalue weighted by Gasteiger charge is -2.30. The molecule has 0 saturated heterocycles. The number of anilines is 1. The Hall–Kier alpha value is -2.66. The van der Waals surface area contributed by atoms with Crippen molar-refractivity contribution in [3.05, 3.63) is 57.1 Å². The molecule has 180 valence electrons. The van der Waals surface area contributed by atoms with Crippen LogP contribution in [-0.2, 0) is 10.5 Å². The van der Waals surface area contributed by atoms with Crippen molar-refractivity contribution in [2.24, 2.45) is 0 Å². The van der Waals surface area contributed by atoms with Crippen LogP contribution in [0.1, 0.15) is 54.0 Å². The summed E-state index contributed by atoms with van der Waals surface area (Å²) in [5.41, 5.74) is 9.48. The number of thioether (sulfide) groups is 1. The van der Waals surface area contributed by atoms with Crippen LogP contribution in [0.5, 0.6) is 0 Å². The highest BCUT2D eigenvalue weighted by molar-refractivity contribution is 7.98. The first-order valence-electron chi connectivity index (χ1n) is 11.2. The van der Waals surface area contributed by atoms with Crippen molar-refractivity contribution < 1.29 is 9.84 Å². The van der Waals surface area contributed by atoms with E-state index >= 15 is 0 Å². The molecule has 1 aliphatic rings. The van der Waals surface area contributed by atoms with Gasteiger partial charge in [-0.2, -0.15) is 10.5 Å². The van der Waals surface area contributed by atoms with E-state index in [2.05, 4.69) is 17.1 Å². The average Bonchev–Trinajstić information content (AvgIpc) is 3.35. The number of aliphatic hydroxyl groups is 1. The van der Waals surface area contributed by atoms with Crippen molar-refractivity contribution in [3.8, 4) is 22.7 Å². The standard InChI is InChI=1S/C25H24ClN5O2S2/c26-17-5-1-16(2-6-17)24-30-18(13-34-24)14-35-25-21(12-28)22(20(11-27)23(29)31-25)15-3-7-19(8-4-15)33-10-9-32/h1-2,5-6,13,15,19,32H,3-4,7-10,14H2,(H2,29,31)/t15-,19-. The molecular weight excluding hydrogens is 502 g/mol. The lowest BCUT2D eigenvalue weighted by molar-refractivity contribution is 0.00577. The SMILES string of the molecule is N#Cc1c(N)nc(SCc2csc(-c3ccc(Cl)cc3)n2)c(C#N)c1[C@H]1CC[C@H](OCCO)CC1. The fourth-order valence-corrected chi connectivity index (χ4v) is 6.27. The lowest BCUT2D eigenvalue weighted by atomic mass is 9.79. The molecule has 1 saturated carbocycles. The number of nitriles is 2. The summed E-state index contributed by atoms with van der Waals surface area (Å²) in [6, 6.07) is 12.0. The molecule has 4 rings (SSSR count). The molecular formula is C25H24ClN5O2S2. The molecule has 0 radical (unpaired) electrons. The second-order valence-electron chi connectivity index (χ2n) is 8.20. The topological polar surface area (TPSA) is 129 Å². The van der Waals surface area contributed by atoms with Gasteiger partial charge in [-0.15, -0.1) is 11.3 Å². The molecule has 1 fully saturated rings. The number of halogens is 1. The van der Waals surface area contributed by atoms with Crippen LogP contribution in [-0.4, -0.2) is 34.4 Å². The van der Waals surface area contributed by atoms with Crippen molar-refractivity contribution in [1.29, 1.82) is 10.5 Å². The van der Waals surface area contributed by atoms with Gasteiger partial charge in [0.2, 0.25) is 0 Å². The Morgan fingerprint density at radius 2 is 1.83 bits per heavy atom. The van der Waals surface area contributed by atoms with Crippen LogP contribution >= 0.6 is 34.7 Å². The van der Waals surface area contributed by atoms with E-state index in [-0.39, 0.29) is 24.4 Å². The summed E-state index contributed by atoms with van der Waals surface area (Å²) in [4.78, 5) is 9.13. The molecule has 3 aromatic rings. The number of aromatic nitrogens is 2. The van der Waals surface area contributed by atoms with Crippen molar-refractivity contribution in [2.45, 2.75) is 48.5 Å². The number of benzene rings is 1. The molecule has 0 unspecified atom stereocenters. The first-order chi connectivity index (χ1) is 17.0. The second-order valence-corrected chi connectivity index (χ2v) is 10.5. The van der Waals surface area contributed by atoms with Gasteiger partial charge in [0, 0.05) is 21.7 Å². The molecule has 0 atom stereocenters. The van der Waals surface area contributed by atoms with Gasteiger partial charge in [-0.25, -0.2) is 9.97 Å². The summed E-state index contributed by atoms with van der Waals surface area (Å²) in [5.74, 6) is 0.717. The van der Waals surface area contributed by atoms with Crippen molar-refractivity contribution in [1.82, 2.24) is 9.97 Å². The molecule has 2 heterocycles. The Balaban J connectivity index is 1.54. The number of hydrogen-bond donors (Lipinski definition) is 2. The normalized spacial score (nSPS) is 17.6. The molecule has 1 aromatic carbocycles. The van der Waals surface area contributed by atoms with Crippen LogP contribution in [0.2, 0.25) is 5.02 Å². The molecule has 0 spiro atoms. The smallest absolute Gasteiger partial charge is 0.143 e. The van der Waals surface area contributed by atoms with E-state index in [9.17, 15) is 10.5 Å². The number of aliphatic hydroxyl groups excluding tert-OH is 1. The summed E-state index contributed by atoms with van der Waals surface area (Å²) in [5, 5.41) is 32.9. The summed E-state index contributed by atoms with van der Waals surface area (Å²) in [6.45, 7) is 0.320. The maximum Gasteiger partial charge on any atom is 0.143 e. The number of nitrogens with zero attached hydrogens (tertiary/aromatic N) is 4. The van der Waals surface area contributed by atoms with Crippen molar-refractivity contribution in [3.63, 3.8) is 0 Å². The summed E-state index contributed by atoms with van der Waals surface area (Å²) in [7, 11) is 0.